The highest BCUT2D eigenvalue weighted by Gasteiger charge is 2.10. The maximum atomic E-state index is 13.8. The van der Waals surface area contributed by atoms with Crippen molar-refractivity contribution in [1.82, 2.24) is 0 Å². The quantitative estimate of drug-likeness (QED) is 0.824. The fourth-order valence-corrected chi connectivity index (χ4v) is 2.13. The zero-order chi connectivity index (χ0) is 13.8. The summed E-state index contributed by atoms with van der Waals surface area (Å²) in [4.78, 5) is 0. The lowest BCUT2D eigenvalue weighted by atomic mass is 10.2. The summed E-state index contributed by atoms with van der Waals surface area (Å²) >= 11 is 3.30. The van der Waals surface area contributed by atoms with Crippen molar-refractivity contribution in [1.29, 1.82) is 0 Å². The van der Waals surface area contributed by atoms with E-state index in [0.29, 0.717) is 33.9 Å². The first-order valence-electron chi connectivity index (χ1n) is 5.85. The molecule has 2 aromatic rings. The van der Waals surface area contributed by atoms with Crippen LogP contribution in [-0.2, 0) is 0 Å². The molecule has 0 atom stereocenters. The summed E-state index contributed by atoms with van der Waals surface area (Å²) in [5.41, 5.74) is 7.41. The minimum absolute atomic E-state index is 0.350. The number of ether oxygens (including phenoxy) is 1. The van der Waals surface area contributed by atoms with E-state index in [1.54, 1.807) is 30.3 Å². The fraction of sp³-hybridized carbons (Fsp3) is 0.143. The van der Waals surface area contributed by atoms with Crippen molar-refractivity contribution in [3.05, 3.63) is 46.7 Å². The van der Waals surface area contributed by atoms with Crippen LogP contribution in [0.25, 0.3) is 0 Å². The largest absolute Gasteiger partial charge is 0.492 e. The van der Waals surface area contributed by atoms with Gasteiger partial charge >= 0.3 is 0 Å². The van der Waals surface area contributed by atoms with Crippen molar-refractivity contribution in [3.8, 4) is 5.75 Å². The molecule has 5 heteroatoms. The van der Waals surface area contributed by atoms with E-state index in [-0.39, 0.29) is 5.82 Å². The van der Waals surface area contributed by atoms with Gasteiger partial charge in [-0.15, -0.1) is 0 Å². The number of rotatable bonds is 4. The summed E-state index contributed by atoms with van der Waals surface area (Å²) in [5.74, 6) is 0.232. The molecule has 0 amide bonds. The van der Waals surface area contributed by atoms with E-state index in [9.17, 15) is 4.39 Å². The zero-order valence-electron chi connectivity index (χ0n) is 10.4. The summed E-state index contributed by atoms with van der Waals surface area (Å²) in [6.45, 7) is 2.41. The lowest BCUT2D eigenvalue weighted by Gasteiger charge is -2.14. The summed E-state index contributed by atoms with van der Waals surface area (Å²) < 4.78 is 19.8. The Kier molecular flexibility index (Phi) is 4.27. The van der Waals surface area contributed by atoms with Gasteiger partial charge in [0.1, 0.15) is 11.6 Å². The lowest BCUT2D eigenvalue weighted by Crippen LogP contribution is -2.02. The average molecular weight is 325 g/mol. The Morgan fingerprint density at radius 1 is 1.26 bits per heavy atom. The Morgan fingerprint density at radius 3 is 2.68 bits per heavy atom. The molecule has 0 radical (unpaired) electrons. The first kappa shape index (κ1) is 13.7. The molecule has 19 heavy (non-hydrogen) atoms. The highest BCUT2D eigenvalue weighted by molar-refractivity contribution is 9.10. The Hall–Kier alpha value is -1.75. The molecule has 0 bridgehead atoms. The van der Waals surface area contributed by atoms with Crippen LogP contribution in [0.3, 0.4) is 0 Å². The third-order valence-corrected chi connectivity index (χ3v) is 3.25. The molecule has 0 aliphatic rings. The van der Waals surface area contributed by atoms with Gasteiger partial charge in [0.15, 0.2) is 0 Å². The normalized spacial score (nSPS) is 10.3. The molecular formula is C14H14BrFN2O. The second-order valence-electron chi connectivity index (χ2n) is 3.87. The van der Waals surface area contributed by atoms with Crippen molar-refractivity contribution >= 4 is 33.0 Å². The summed E-state index contributed by atoms with van der Waals surface area (Å²) in [7, 11) is 0. The third-order valence-electron chi connectivity index (χ3n) is 2.59. The Labute approximate surface area is 119 Å². The van der Waals surface area contributed by atoms with Crippen LogP contribution in [0.5, 0.6) is 5.75 Å². The third kappa shape index (κ3) is 2.98. The van der Waals surface area contributed by atoms with Gasteiger partial charge in [-0.25, -0.2) is 4.39 Å². The maximum absolute atomic E-state index is 13.8. The minimum atomic E-state index is -0.351. The molecule has 0 saturated heterocycles. The van der Waals surface area contributed by atoms with Crippen LogP contribution in [-0.4, -0.2) is 6.61 Å². The number of benzene rings is 2. The van der Waals surface area contributed by atoms with Gasteiger partial charge in [0.25, 0.3) is 0 Å². The minimum Gasteiger partial charge on any atom is -0.492 e. The summed E-state index contributed by atoms with van der Waals surface area (Å²) in [5, 5.41) is 2.98. The zero-order valence-corrected chi connectivity index (χ0v) is 12.0. The number of nitrogens with one attached hydrogen (secondary N) is 1. The summed E-state index contributed by atoms with van der Waals surface area (Å²) in [6.07, 6.45) is 0. The van der Waals surface area contributed by atoms with E-state index in [2.05, 4.69) is 21.2 Å². The van der Waals surface area contributed by atoms with Gasteiger partial charge in [-0.05, 0) is 47.1 Å². The highest BCUT2D eigenvalue weighted by atomic mass is 79.9. The number of anilines is 3. The molecule has 3 N–H and O–H groups in total. The smallest absolute Gasteiger partial charge is 0.147 e. The molecular weight excluding hydrogens is 311 g/mol. The molecule has 0 saturated carbocycles. The molecule has 0 aliphatic carbocycles. The molecule has 100 valence electrons. The molecule has 0 aromatic heterocycles. The molecule has 0 unspecified atom stereocenters. The first-order valence-corrected chi connectivity index (χ1v) is 6.65. The number of halogens is 2. The molecule has 2 rings (SSSR count). The monoisotopic (exact) mass is 324 g/mol. The van der Waals surface area contributed by atoms with Gasteiger partial charge < -0.3 is 15.8 Å². The highest BCUT2D eigenvalue weighted by Crippen LogP contribution is 2.34. The van der Waals surface area contributed by atoms with Gasteiger partial charge in [0, 0.05) is 4.47 Å². The van der Waals surface area contributed by atoms with E-state index < -0.39 is 0 Å². The van der Waals surface area contributed by atoms with Crippen LogP contribution < -0.4 is 15.8 Å². The van der Waals surface area contributed by atoms with Crippen molar-refractivity contribution in [2.24, 2.45) is 0 Å². The first-order chi connectivity index (χ1) is 9.13. The predicted octanol–water partition coefficient (Wildman–Crippen LogP) is 4.31. The van der Waals surface area contributed by atoms with Gasteiger partial charge in [0.2, 0.25) is 0 Å². The Balaban J connectivity index is 2.36. The van der Waals surface area contributed by atoms with Crippen LogP contribution in [0.4, 0.5) is 21.5 Å². The topological polar surface area (TPSA) is 47.3 Å². The SMILES string of the molecule is CCOc1cccc(Nc2c(F)cccc2Br)c1N. The maximum Gasteiger partial charge on any atom is 0.147 e. The van der Waals surface area contributed by atoms with E-state index in [1.807, 2.05) is 6.92 Å². The number of nitrogens with two attached hydrogens (primary N) is 1. The molecule has 0 fully saturated rings. The average Bonchev–Trinajstić information content (AvgIpc) is 2.38. The van der Waals surface area contributed by atoms with E-state index in [4.69, 9.17) is 10.5 Å². The lowest BCUT2D eigenvalue weighted by molar-refractivity contribution is 0.342. The predicted molar refractivity (Wildman–Crippen MR) is 79.4 cm³/mol. The van der Waals surface area contributed by atoms with Crippen LogP contribution in [0.1, 0.15) is 6.92 Å². The van der Waals surface area contributed by atoms with Gasteiger partial charge in [0.05, 0.1) is 23.7 Å². The number of para-hydroxylation sites is 2. The van der Waals surface area contributed by atoms with Crippen LogP contribution in [0, 0.1) is 5.82 Å². The van der Waals surface area contributed by atoms with Crippen molar-refractivity contribution in [2.75, 3.05) is 17.7 Å². The summed E-state index contributed by atoms with van der Waals surface area (Å²) in [6, 6.07) is 10.1. The Bertz CT molecular complexity index is 569. The number of hydrogen-bond donors (Lipinski definition) is 2. The molecule has 3 nitrogen and oxygen atoms in total. The molecule has 0 heterocycles. The Morgan fingerprint density at radius 2 is 2.00 bits per heavy atom. The van der Waals surface area contributed by atoms with Crippen LogP contribution in [0.2, 0.25) is 0 Å². The standard InChI is InChI=1S/C14H14BrFN2O/c1-2-19-12-8-4-7-11(13(12)17)18-14-9(15)5-3-6-10(14)16/h3-8,18H,2,17H2,1H3. The van der Waals surface area contributed by atoms with Gasteiger partial charge in [-0.3, -0.25) is 0 Å². The van der Waals surface area contributed by atoms with Gasteiger partial charge in [-0.1, -0.05) is 12.1 Å². The van der Waals surface area contributed by atoms with Crippen molar-refractivity contribution < 1.29 is 9.13 Å². The van der Waals surface area contributed by atoms with E-state index in [0.717, 1.165) is 0 Å². The second-order valence-corrected chi connectivity index (χ2v) is 4.73. The number of hydrogen-bond acceptors (Lipinski definition) is 3. The fourth-order valence-electron chi connectivity index (χ4n) is 1.69. The van der Waals surface area contributed by atoms with Crippen LogP contribution in [0.15, 0.2) is 40.9 Å². The van der Waals surface area contributed by atoms with Gasteiger partial charge in [-0.2, -0.15) is 0 Å². The number of nitrogen functional groups attached to an aromatic ring is 1. The molecule has 0 spiro atoms. The second kappa shape index (κ2) is 5.93. The molecule has 0 aliphatic heterocycles. The van der Waals surface area contributed by atoms with Crippen LogP contribution >= 0.6 is 15.9 Å². The van der Waals surface area contributed by atoms with Crippen molar-refractivity contribution in [2.45, 2.75) is 6.92 Å². The van der Waals surface area contributed by atoms with Crippen molar-refractivity contribution in [3.63, 3.8) is 0 Å². The van der Waals surface area contributed by atoms with E-state index >= 15 is 0 Å². The molecule has 2 aromatic carbocycles. The van der Waals surface area contributed by atoms with E-state index in [1.165, 1.54) is 6.07 Å².